The van der Waals surface area contributed by atoms with Gasteiger partial charge in [-0.15, -0.1) is 0 Å². The number of hydrogen-bond acceptors (Lipinski definition) is 1. The predicted molar refractivity (Wildman–Crippen MR) is 65.1 cm³/mol. The number of nitrogens with zero attached hydrogens (tertiary/aromatic N) is 1. The van der Waals surface area contributed by atoms with Crippen molar-refractivity contribution in [3.8, 4) is 0 Å². The maximum absolute atomic E-state index is 4.57. The highest BCUT2D eigenvalue weighted by molar-refractivity contribution is 5.87. The molecule has 1 aromatic carbocycles. The average Bonchev–Trinajstić information content (AvgIpc) is 2.30. The molecule has 0 radical (unpaired) electrons. The molecule has 0 saturated carbocycles. The van der Waals surface area contributed by atoms with Crippen LogP contribution in [0.1, 0.15) is 31.5 Å². The van der Waals surface area contributed by atoms with Crippen molar-refractivity contribution in [3.05, 3.63) is 41.7 Å². The van der Waals surface area contributed by atoms with Gasteiger partial charge in [-0.05, 0) is 23.8 Å². The summed E-state index contributed by atoms with van der Waals surface area (Å²) in [6.07, 6.45) is 5.32. The molecule has 1 heterocycles. The molecule has 0 unspecified atom stereocenters. The van der Waals surface area contributed by atoms with Gasteiger partial charge in [0.2, 0.25) is 0 Å². The average molecular weight is 199 g/mol. The molecule has 1 aromatic heterocycles. The molecule has 0 aliphatic rings. The second-order valence-electron chi connectivity index (χ2n) is 3.88. The normalized spacial score (nSPS) is 10.8. The molecule has 0 bridgehead atoms. The second-order valence-corrected chi connectivity index (χ2v) is 3.88. The van der Waals surface area contributed by atoms with E-state index in [1.165, 1.54) is 22.0 Å². The van der Waals surface area contributed by atoms with Crippen LogP contribution in [0.25, 0.3) is 10.8 Å². The molecular formula is C14H17N. The van der Waals surface area contributed by atoms with Gasteiger partial charge in [-0.2, -0.15) is 0 Å². The maximum atomic E-state index is 4.57. The zero-order chi connectivity index (χ0) is 10.7. The molecule has 2 rings (SSSR count). The van der Waals surface area contributed by atoms with Crippen molar-refractivity contribution in [2.75, 3.05) is 0 Å². The van der Waals surface area contributed by atoms with E-state index >= 15 is 0 Å². The number of aromatic nitrogens is 1. The quantitative estimate of drug-likeness (QED) is 0.733. The topological polar surface area (TPSA) is 12.9 Å². The van der Waals surface area contributed by atoms with E-state index in [1.54, 1.807) is 0 Å². The Labute approximate surface area is 91.2 Å². The Morgan fingerprint density at radius 3 is 2.47 bits per heavy atom. The van der Waals surface area contributed by atoms with E-state index in [-0.39, 0.29) is 0 Å². The summed E-state index contributed by atoms with van der Waals surface area (Å²) in [5.74, 6) is 0. The van der Waals surface area contributed by atoms with Gasteiger partial charge in [0.25, 0.3) is 0 Å². The van der Waals surface area contributed by atoms with Gasteiger partial charge in [0, 0.05) is 17.3 Å². The number of aryl methyl sites for hydroxylation is 2. The van der Waals surface area contributed by atoms with Crippen LogP contribution in [-0.4, -0.2) is 4.98 Å². The predicted octanol–water partition coefficient (Wildman–Crippen LogP) is 3.75. The van der Waals surface area contributed by atoms with E-state index in [9.17, 15) is 0 Å². The lowest BCUT2D eigenvalue weighted by Crippen LogP contribution is -1.94. The molecule has 0 N–H and O–H groups in total. The molecular weight excluding hydrogens is 182 g/mol. The molecule has 0 aliphatic carbocycles. The Kier molecular flexibility index (Phi) is 3.00. The Morgan fingerprint density at radius 2 is 1.80 bits per heavy atom. The van der Waals surface area contributed by atoms with Gasteiger partial charge in [0.1, 0.15) is 0 Å². The largest absolute Gasteiger partial charge is 0.260 e. The number of rotatable bonds is 3. The van der Waals surface area contributed by atoms with Gasteiger partial charge < -0.3 is 0 Å². The SMILES string of the molecule is CCCc1ncc(CC)c2ccccc12. The first kappa shape index (κ1) is 10.2. The molecule has 0 atom stereocenters. The number of pyridine rings is 1. The van der Waals surface area contributed by atoms with Gasteiger partial charge >= 0.3 is 0 Å². The lowest BCUT2D eigenvalue weighted by atomic mass is 10.0. The molecule has 0 spiro atoms. The van der Waals surface area contributed by atoms with E-state index in [4.69, 9.17) is 0 Å². The molecule has 0 amide bonds. The lowest BCUT2D eigenvalue weighted by Gasteiger charge is -2.08. The highest BCUT2D eigenvalue weighted by atomic mass is 14.7. The number of fused-ring (bicyclic) bond motifs is 1. The van der Waals surface area contributed by atoms with Gasteiger partial charge in [-0.1, -0.05) is 44.5 Å². The van der Waals surface area contributed by atoms with Gasteiger partial charge in [0.05, 0.1) is 0 Å². The molecule has 15 heavy (non-hydrogen) atoms. The van der Waals surface area contributed by atoms with Gasteiger partial charge in [0.15, 0.2) is 0 Å². The summed E-state index contributed by atoms with van der Waals surface area (Å²) >= 11 is 0. The van der Waals surface area contributed by atoms with E-state index in [0.29, 0.717) is 0 Å². The molecule has 0 fully saturated rings. The third kappa shape index (κ3) is 1.87. The Bertz CT molecular complexity index is 460. The smallest absolute Gasteiger partial charge is 0.0481 e. The van der Waals surface area contributed by atoms with Gasteiger partial charge in [-0.3, -0.25) is 4.98 Å². The molecule has 0 aliphatic heterocycles. The highest BCUT2D eigenvalue weighted by Gasteiger charge is 2.04. The van der Waals surface area contributed by atoms with Gasteiger partial charge in [-0.25, -0.2) is 0 Å². The third-order valence-corrected chi connectivity index (χ3v) is 2.83. The van der Waals surface area contributed by atoms with Crippen LogP contribution in [-0.2, 0) is 12.8 Å². The summed E-state index contributed by atoms with van der Waals surface area (Å²) < 4.78 is 0. The molecule has 78 valence electrons. The van der Waals surface area contributed by atoms with E-state index in [0.717, 1.165) is 19.3 Å². The van der Waals surface area contributed by atoms with Crippen molar-refractivity contribution < 1.29 is 0 Å². The summed E-state index contributed by atoms with van der Waals surface area (Å²) in [6.45, 7) is 4.38. The van der Waals surface area contributed by atoms with Crippen molar-refractivity contribution >= 4 is 10.8 Å². The zero-order valence-electron chi connectivity index (χ0n) is 9.46. The number of hydrogen-bond donors (Lipinski definition) is 0. The lowest BCUT2D eigenvalue weighted by molar-refractivity contribution is 0.889. The van der Waals surface area contributed by atoms with Crippen LogP contribution in [0.15, 0.2) is 30.5 Å². The van der Waals surface area contributed by atoms with Crippen molar-refractivity contribution in [3.63, 3.8) is 0 Å². The van der Waals surface area contributed by atoms with Crippen LogP contribution in [0.2, 0.25) is 0 Å². The van der Waals surface area contributed by atoms with Crippen LogP contribution < -0.4 is 0 Å². The second kappa shape index (κ2) is 4.43. The molecule has 2 aromatic rings. The highest BCUT2D eigenvalue weighted by Crippen LogP contribution is 2.22. The summed E-state index contributed by atoms with van der Waals surface area (Å²) in [7, 11) is 0. The van der Waals surface area contributed by atoms with Crippen LogP contribution >= 0.6 is 0 Å². The van der Waals surface area contributed by atoms with E-state index in [1.807, 2.05) is 6.20 Å². The zero-order valence-corrected chi connectivity index (χ0v) is 9.46. The summed E-state index contributed by atoms with van der Waals surface area (Å²) in [4.78, 5) is 4.57. The molecule has 1 nitrogen and oxygen atoms in total. The first-order valence-electron chi connectivity index (χ1n) is 5.72. The van der Waals surface area contributed by atoms with Crippen LogP contribution in [0, 0.1) is 0 Å². The van der Waals surface area contributed by atoms with Crippen molar-refractivity contribution in [2.45, 2.75) is 33.1 Å². The van der Waals surface area contributed by atoms with E-state index < -0.39 is 0 Å². The fourth-order valence-corrected chi connectivity index (χ4v) is 2.03. The Hall–Kier alpha value is -1.37. The first-order valence-corrected chi connectivity index (χ1v) is 5.72. The first-order chi connectivity index (χ1) is 7.36. The van der Waals surface area contributed by atoms with Crippen molar-refractivity contribution in [1.82, 2.24) is 4.98 Å². The standard InChI is InChI=1S/C14H17N/c1-3-7-14-13-9-6-5-8-12(13)11(4-2)10-15-14/h5-6,8-10H,3-4,7H2,1-2H3. The van der Waals surface area contributed by atoms with Crippen molar-refractivity contribution in [1.29, 1.82) is 0 Å². The molecule has 0 saturated heterocycles. The van der Waals surface area contributed by atoms with Crippen LogP contribution in [0.3, 0.4) is 0 Å². The minimum Gasteiger partial charge on any atom is -0.260 e. The summed E-state index contributed by atoms with van der Waals surface area (Å²) in [5, 5.41) is 2.71. The Balaban J connectivity index is 2.66. The summed E-state index contributed by atoms with van der Waals surface area (Å²) in [5.41, 5.74) is 2.59. The summed E-state index contributed by atoms with van der Waals surface area (Å²) in [6, 6.07) is 8.60. The Morgan fingerprint density at radius 1 is 1.07 bits per heavy atom. The maximum Gasteiger partial charge on any atom is 0.0481 e. The fraction of sp³-hybridized carbons (Fsp3) is 0.357. The van der Waals surface area contributed by atoms with Crippen molar-refractivity contribution in [2.24, 2.45) is 0 Å². The van der Waals surface area contributed by atoms with Crippen LogP contribution in [0.5, 0.6) is 0 Å². The third-order valence-electron chi connectivity index (χ3n) is 2.83. The van der Waals surface area contributed by atoms with E-state index in [2.05, 4.69) is 43.1 Å². The minimum absolute atomic E-state index is 1.06. The van der Waals surface area contributed by atoms with Crippen LogP contribution in [0.4, 0.5) is 0 Å². The fourth-order valence-electron chi connectivity index (χ4n) is 2.03. The number of benzene rings is 1. The molecule has 1 heteroatoms. The minimum atomic E-state index is 1.06. The monoisotopic (exact) mass is 199 g/mol.